The number of halogens is 1. The molecule has 2 aromatic carbocycles. The SMILES string of the molecule is Cn1ccc2cc(-c3cc(-c4nc(SCC(=O)O)n[nH]4)cc([NH+](C)O)c3)cc(Cl)c21. The van der Waals surface area contributed by atoms with Crippen molar-refractivity contribution in [2.24, 2.45) is 7.05 Å². The van der Waals surface area contributed by atoms with Crippen LogP contribution in [0.3, 0.4) is 0 Å². The van der Waals surface area contributed by atoms with Crippen LogP contribution in [0, 0.1) is 0 Å². The molecule has 4 rings (SSSR count). The summed E-state index contributed by atoms with van der Waals surface area (Å²) in [5, 5.41) is 28.0. The number of hydrogen-bond acceptors (Lipinski definition) is 5. The highest BCUT2D eigenvalue weighted by Crippen LogP contribution is 2.34. The van der Waals surface area contributed by atoms with Crippen molar-refractivity contribution in [2.75, 3.05) is 12.8 Å². The molecule has 4 N–H and O–H groups in total. The lowest BCUT2D eigenvalue weighted by atomic mass is 10.00. The molecule has 2 heterocycles. The Morgan fingerprint density at radius 1 is 1.23 bits per heavy atom. The Morgan fingerprint density at radius 2 is 1.97 bits per heavy atom. The van der Waals surface area contributed by atoms with Gasteiger partial charge in [0, 0.05) is 36.3 Å². The van der Waals surface area contributed by atoms with Crippen molar-refractivity contribution in [3.05, 3.63) is 47.6 Å². The number of fused-ring (bicyclic) bond motifs is 1. The maximum absolute atomic E-state index is 10.8. The second kappa shape index (κ2) is 8.11. The number of hydroxylamine groups is 1. The highest BCUT2D eigenvalue weighted by atomic mass is 35.5. The van der Waals surface area contributed by atoms with Gasteiger partial charge in [0.05, 0.1) is 16.3 Å². The Morgan fingerprint density at radius 3 is 2.70 bits per heavy atom. The van der Waals surface area contributed by atoms with Gasteiger partial charge < -0.3 is 9.67 Å². The number of aliphatic carboxylic acids is 1. The van der Waals surface area contributed by atoms with Gasteiger partial charge in [-0.1, -0.05) is 23.4 Å². The van der Waals surface area contributed by atoms with E-state index in [1.54, 1.807) is 13.1 Å². The normalized spacial score (nSPS) is 12.4. The van der Waals surface area contributed by atoms with Crippen molar-refractivity contribution >= 4 is 45.9 Å². The topological polar surface area (TPSA) is 108 Å². The summed E-state index contributed by atoms with van der Waals surface area (Å²) in [5.74, 6) is -0.574. The number of benzene rings is 2. The van der Waals surface area contributed by atoms with E-state index in [0.29, 0.717) is 21.7 Å². The minimum Gasteiger partial charge on any atom is -0.481 e. The third kappa shape index (κ3) is 4.05. The van der Waals surface area contributed by atoms with E-state index in [9.17, 15) is 10.0 Å². The molecule has 0 bridgehead atoms. The summed E-state index contributed by atoms with van der Waals surface area (Å²) in [7, 11) is 3.56. The number of quaternary nitrogens is 1. The highest BCUT2D eigenvalue weighted by molar-refractivity contribution is 7.99. The number of thioether (sulfide) groups is 1. The standard InChI is InChI=1S/C20H18ClN5O3S/c1-25-4-3-11-5-13(9-16(21)18(11)25)12-6-14(8-15(7-12)26(2)29)19-22-20(24-23-19)30-10-17(27)28/h3-9,29H,10H2,1-2H3,(H,27,28)(H,22,23,24)/p+1. The largest absolute Gasteiger partial charge is 0.481 e. The third-order valence-corrected chi connectivity index (χ3v) is 5.79. The number of rotatable bonds is 6. The molecule has 8 nitrogen and oxygen atoms in total. The number of aryl methyl sites for hydroxylation is 1. The first kappa shape index (κ1) is 20.4. The van der Waals surface area contributed by atoms with Gasteiger partial charge in [0.25, 0.3) is 0 Å². The summed E-state index contributed by atoms with van der Waals surface area (Å²) >= 11 is 7.56. The van der Waals surface area contributed by atoms with E-state index in [4.69, 9.17) is 16.7 Å². The number of carboxylic acids is 1. The summed E-state index contributed by atoms with van der Waals surface area (Å²) in [5.41, 5.74) is 4.08. The lowest BCUT2D eigenvalue weighted by molar-refractivity contribution is -1.02. The minimum absolute atomic E-state index is 0.123. The Kier molecular flexibility index (Phi) is 5.52. The molecule has 1 atom stereocenters. The zero-order valence-corrected chi connectivity index (χ0v) is 17.8. The van der Waals surface area contributed by atoms with Gasteiger partial charge in [0.1, 0.15) is 7.05 Å². The average Bonchev–Trinajstić information content (AvgIpc) is 3.33. The Balaban J connectivity index is 1.78. The van der Waals surface area contributed by atoms with Crippen LogP contribution in [-0.4, -0.2) is 48.8 Å². The Labute approximate surface area is 181 Å². The van der Waals surface area contributed by atoms with Crippen LogP contribution in [0.4, 0.5) is 5.69 Å². The molecule has 0 spiro atoms. The number of carboxylic acid groups (broad SMARTS) is 1. The number of aromatic amines is 1. The summed E-state index contributed by atoms with van der Waals surface area (Å²) in [6.07, 6.45) is 1.96. The average molecular weight is 445 g/mol. The van der Waals surface area contributed by atoms with Gasteiger partial charge in [-0.15, -0.1) is 5.10 Å². The third-order valence-electron chi connectivity index (χ3n) is 4.67. The summed E-state index contributed by atoms with van der Waals surface area (Å²) < 4.78 is 1.97. The predicted octanol–water partition coefficient (Wildman–Crippen LogP) is 3.00. The molecule has 0 fully saturated rings. The van der Waals surface area contributed by atoms with Crippen LogP contribution >= 0.6 is 23.4 Å². The van der Waals surface area contributed by atoms with Crippen LogP contribution in [0.15, 0.2) is 47.8 Å². The zero-order valence-electron chi connectivity index (χ0n) is 16.2. The minimum atomic E-state index is -0.936. The van der Waals surface area contributed by atoms with Crippen LogP contribution in [0.5, 0.6) is 0 Å². The Hall–Kier alpha value is -2.85. The molecule has 0 saturated carbocycles. The van der Waals surface area contributed by atoms with Gasteiger partial charge in [-0.05, 0) is 35.4 Å². The molecule has 10 heteroatoms. The van der Waals surface area contributed by atoms with E-state index in [0.717, 1.165) is 39.4 Å². The number of H-pyrrole nitrogens is 1. The number of nitrogens with one attached hydrogen (secondary N) is 2. The van der Waals surface area contributed by atoms with Gasteiger partial charge >= 0.3 is 5.97 Å². The molecular weight excluding hydrogens is 426 g/mol. The van der Waals surface area contributed by atoms with Gasteiger partial charge in [0.15, 0.2) is 11.5 Å². The molecule has 0 aliphatic rings. The molecule has 30 heavy (non-hydrogen) atoms. The monoisotopic (exact) mass is 444 g/mol. The second-order valence-electron chi connectivity index (χ2n) is 6.86. The van der Waals surface area contributed by atoms with Crippen LogP contribution in [0.25, 0.3) is 33.4 Å². The van der Waals surface area contributed by atoms with Crippen molar-refractivity contribution in [3.63, 3.8) is 0 Å². The molecule has 154 valence electrons. The van der Waals surface area contributed by atoms with E-state index in [1.807, 2.05) is 48.1 Å². The van der Waals surface area contributed by atoms with Gasteiger partial charge in [-0.25, -0.2) is 10.2 Å². The van der Waals surface area contributed by atoms with E-state index >= 15 is 0 Å². The van der Waals surface area contributed by atoms with Crippen LogP contribution in [0.2, 0.25) is 5.02 Å². The lowest BCUT2D eigenvalue weighted by Gasteiger charge is -2.11. The smallest absolute Gasteiger partial charge is 0.313 e. The quantitative estimate of drug-likeness (QED) is 0.269. The van der Waals surface area contributed by atoms with Crippen molar-refractivity contribution in [1.82, 2.24) is 19.7 Å². The fraction of sp³-hybridized carbons (Fsp3) is 0.150. The van der Waals surface area contributed by atoms with E-state index < -0.39 is 5.97 Å². The molecule has 1 unspecified atom stereocenters. The van der Waals surface area contributed by atoms with Gasteiger partial charge in [-0.3, -0.25) is 9.89 Å². The number of aromatic nitrogens is 4. The number of nitrogens with zero attached hydrogens (tertiary/aromatic N) is 3. The fourth-order valence-electron chi connectivity index (χ4n) is 3.26. The van der Waals surface area contributed by atoms with Crippen LogP contribution < -0.4 is 5.06 Å². The molecule has 0 amide bonds. The summed E-state index contributed by atoms with van der Waals surface area (Å²) in [6, 6.07) is 11.6. The van der Waals surface area contributed by atoms with E-state index in [2.05, 4.69) is 15.2 Å². The molecular formula is C20H19ClN5O3S+. The number of hydrogen-bond donors (Lipinski definition) is 4. The number of carbonyl (C=O) groups is 1. The summed E-state index contributed by atoms with van der Waals surface area (Å²) in [4.78, 5) is 15.1. The summed E-state index contributed by atoms with van der Waals surface area (Å²) in [6.45, 7) is 0. The van der Waals surface area contributed by atoms with Crippen LogP contribution in [-0.2, 0) is 11.8 Å². The van der Waals surface area contributed by atoms with E-state index in [1.165, 1.54) is 0 Å². The van der Waals surface area contributed by atoms with Crippen molar-refractivity contribution in [1.29, 1.82) is 0 Å². The van der Waals surface area contributed by atoms with E-state index in [-0.39, 0.29) is 10.8 Å². The highest BCUT2D eigenvalue weighted by Gasteiger charge is 2.16. The Bertz CT molecular complexity index is 1250. The first-order valence-electron chi connectivity index (χ1n) is 9.02. The molecule has 0 aliphatic carbocycles. The molecule has 0 saturated heterocycles. The van der Waals surface area contributed by atoms with Crippen molar-refractivity contribution in [3.8, 4) is 22.5 Å². The lowest BCUT2D eigenvalue weighted by Crippen LogP contribution is -3.01. The fourth-order valence-corrected chi connectivity index (χ4v) is 4.14. The second-order valence-corrected chi connectivity index (χ2v) is 8.21. The van der Waals surface area contributed by atoms with Crippen LogP contribution in [0.1, 0.15) is 0 Å². The molecule has 4 aromatic rings. The molecule has 0 radical (unpaired) electrons. The zero-order chi connectivity index (χ0) is 21.4. The predicted molar refractivity (Wildman–Crippen MR) is 115 cm³/mol. The van der Waals surface area contributed by atoms with Crippen molar-refractivity contribution in [2.45, 2.75) is 5.16 Å². The first-order chi connectivity index (χ1) is 14.3. The maximum atomic E-state index is 10.8. The maximum Gasteiger partial charge on any atom is 0.313 e. The van der Waals surface area contributed by atoms with Crippen molar-refractivity contribution < 1.29 is 20.2 Å². The molecule has 0 aliphatic heterocycles. The van der Waals surface area contributed by atoms with Gasteiger partial charge in [0.2, 0.25) is 5.16 Å². The first-order valence-corrected chi connectivity index (χ1v) is 10.4. The molecule has 2 aromatic heterocycles. The van der Waals surface area contributed by atoms with Gasteiger partial charge in [-0.2, -0.15) is 5.06 Å².